The predicted molar refractivity (Wildman–Crippen MR) is 102 cm³/mol. The molecule has 0 saturated carbocycles. The second kappa shape index (κ2) is 8.10. The zero-order valence-electron chi connectivity index (χ0n) is 16.9. The van der Waals surface area contributed by atoms with Gasteiger partial charge >= 0.3 is 6.03 Å². The minimum Gasteiger partial charge on any atom is -0.353 e. The Labute approximate surface area is 156 Å². The number of piperidine rings is 1. The van der Waals surface area contributed by atoms with Crippen molar-refractivity contribution >= 4 is 11.9 Å². The normalized spacial score (nSPS) is 17.1. The molecule has 1 atom stereocenters. The van der Waals surface area contributed by atoms with E-state index in [-0.39, 0.29) is 29.6 Å². The van der Waals surface area contributed by atoms with E-state index >= 15 is 0 Å². The number of hydrogen-bond acceptors (Lipinski definition) is 3. The summed E-state index contributed by atoms with van der Waals surface area (Å²) >= 11 is 0. The number of nitrogens with one attached hydrogen (secondary N) is 2. The van der Waals surface area contributed by atoms with Gasteiger partial charge in [-0.2, -0.15) is 5.10 Å². The van der Waals surface area contributed by atoms with Gasteiger partial charge in [0.05, 0.1) is 11.7 Å². The third-order valence-corrected chi connectivity index (χ3v) is 4.57. The Bertz CT molecular complexity index is 639. The largest absolute Gasteiger partial charge is 0.353 e. The van der Waals surface area contributed by atoms with Crippen molar-refractivity contribution in [2.45, 2.75) is 78.4 Å². The summed E-state index contributed by atoms with van der Waals surface area (Å²) in [4.78, 5) is 26.4. The van der Waals surface area contributed by atoms with Gasteiger partial charge in [-0.3, -0.25) is 9.48 Å². The van der Waals surface area contributed by atoms with E-state index in [4.69, 9.17) is 0 Å². The van der Waals surface area contributed by atoms with Gasteiger partial charge in [0.1, 0.15) is 0 Å². The Hall–Kier alpha value is -2.05. The molecule has 3 amide bonds. The van der Waals surface area contributed by atoms with Crippen LogP contribution in [-0.4, -0.2) is 51.3 Å². The molecule has 1 saturated heterocycles. The first-order valence-electron chi connectivity index (χ1n) is 9.44. The zero-order chi connectivity index (χ0) is 19.5. The van der Waals surface area contributed by atoms with Gasteiger partial charge in [0.15, 0.2) is 0 Å². The molecule has 7 nitrogen and oxygen atoms in total. The molecule has 2 rings (SSSR count). The number of aryl methyl sites for hydroxylation is 2. The van der Waals surface area contributed by atoms with Crippen LogP contribution >= 0.6 is 0 Å². The fraction of sp³-hybridized carbons (Fsp3) is 0.737. The first-order valence-corrected chi connectivity index (χ1v) is 9.44. The molecule has 0 spiro atoms. The molecule has 0 radical (unpaired) electrons. The molecule has 146 valence electrons. The van der Waals surface area contributed by atoms with Crippen molar-refractivity contribution in [3.05, 3.63) is 17.5 Å². The molecule has 7 heteroatoms. The number of hydrogen-bond donors (Lipinski definition) is 2. The van der Waals surface area contributed by atoms with E-state index in [9.17, 15) is 9.59 Å². The maximum atomic E-state index is 12.4. The van der Waals surface area contributed by atoms with Gasteiger partial charge in [0.25, 0.3) is 0 Å². The van der Waals surface area contributed by atoms with Crippen LogP contribution in [0.25, 0.3) is 0 Å². The molecule has 2 N–H and O–H groups in total. The van der Waals surface area contributed by atoms with E-state index in [1.807, 2.05) is 57.2 Å². The monoisotopic (exact) mass is 363 g/mol. The minimum atomic E-state index is -0.235. The van der Waals surface area contributed by atoms with Crippen LogP contribution in [0.5, 0.6) is 0 Å². The number of urea groups is 1. The van der Waals surface area contributed by atoms with Gasteiger partial charge in [-0.25, -0.2) is 4.79 Å². The quantitative estimate of drug-likeness (QED) is 0.863. The third kappa shape index (κ3) is 5.75. The lowest BCUT2D eigenvalue weighted by Gasteiger charge is -2.34. The molecule has 0 aromatic carbocycles. The molecule has 1 unspecified atom stereocenters. The van der Waals surface area contributed by atoms with Crippen LogP contribution in [0.3, 0.4) is 0 Å². The van der Waals surface area contributed by atoms with Crippen LogP contribution in [0.15, 0.2) is 6.07 Å². The lowest BCUT2D eigenvalue weighted by molar-refractivity contribution is -0.122. The molecule has 0 aliphatic carbocycles. The number of amides is 3. The van der Waals surface area contributed by atoms with Crippen LogP contribution in [0.4, 0.5) is 4.79 Å². The highest BCUT2D eigenvalue weighted by Crippen LogP contribution is 2.16. The second-order valence-electron chi connectivity index (χ2n) is 8.43. The summed E-state index contributed by atoms with van der Waals surface area (Å²) < 4.78 is 1.91. The highest BCUT2D eigenvalue weighted by molar-refractivity contribution is 5.77. The summed E-state index contributed by atoms with van der Waals surface area (Å²) in [6.07, 6.45) is 1.99. The van der Waals surface area contributed by atoms with Crippen molar-refractivity contribution < 1.29 is 9.59 Å². The lowest BCUT2D eigenvalue weighted by atomic mass is 10.0. The number of nitrogens with zero attached hydrogens (tertiary/aromatic N) is 3. The Kier molecular flexibility index (Phi) is 6.31. The number of aromatic nitrogens is 2. The van der Waals surface area contributed by atoms with Crippen molar-refractivity contribution in [2.75, 3.05) is 13.1 Å². The first-order chi connectivity index (χ1) is 12.0. The number of rotatable bonds is 4. The molecule has 1 fully saturated rings. The maximum absolute atomic E-state index is 12.4. The van der Waals surface area contributed by atoms with Gasteiger partial charge in [-0.05, 0) is 60.5 Å². The first kappa shape index (κ1) is 20.3. The molecule has 1 aromatic heterocycles. The van der Waals surface area contributed by atoms with E-state index < -0.39 is 0 Å². The Morgan fingerprint density at radius 3 is 2.38 bits per heavy atom. The highest BCUT2D eigenvalue weighted by Gasteiger charge is 2.26. The van der Waals surface area contributed by atoms with E-state index in [0.717, 1.165) is 24.2 Å². The smallest absolute Gasteiger partial charge is 0.317 e. The van der Waals surface area contributed by atoms with E-state index in [2.05, 4.69) is 15.7 Å². The van der Waals surface area contributed by atoms with Gasteiger partial charge in [-0.1, -0.05) is 0 Å². The van der Waals surface area contributed by atoms with Gasteiger partial charge in [-0.15, -0.1) is 0 Å². The summed E-state index contributed by atoms with van der Waals surface area (Å²) in [6.45, 7) is 13.2. The van der Waals surface area contributed by atoms with Crippen molar-refractivity contribution in [2.24, 2.45) is 0 Å². The lowest BCUT2D eigenvalue weighted by Crippen LogP contribution is -2.53. The number of carbonyl (C=O) groups excluding carboxylic acids is 2. The molecule has 1 aliphatic heterocycles. The molecular formula is C19H33N5O2. The molecule has 1 aliphatic rings. The summed E-state index contributed by atoms with van der Waals surface area (Å²) in [5, 5.41) is 10.6. The van der Waals surface area contributed by atoms with Crippen LogP contribution in [0.2, 0.25) is 0 Å². The molecule has 2 heterocycles. The second-order valence-corrected chi connectivity index (χ2v) is 8.43. The third-order valence-electron chi connectivity index (χ3n) is 4.57. The Balaban J connectivity index is 1.77. The van der Waals surface area contributed by atoms with Crippen LogP contribution in [0, 0.1) is 13.8 Å². The fourth-order valence-corrected chi connectivity index (χ4v) is 3.36. The summed E-state index contributed by atoms with van der Waals surface area (Å²) in [5.74, 6) is 0.0441. The highest BCUT2D eigenvalue weighted by atomic mass is 16.2. The molecule has 0 bridgehead atoms. The Morgan fingerprint density at radius 1 is 1.27 bits per heavy atom. The van der Waals surface area contributed by atoms with Gasteiger partial charge in [0.2, 0.25) is 5.91 Å². The van der Waals surface area contributed by atoms with Crippen molar-refractivity contribution in [1.29, 1.82) is 0 Å². The predicted octanol–water partition coefficient (Wildman–Crippen LogP) is 2.54. The van der Waals surface area contributed by atoms with Crippen LogP contribution in [-0.2, 0) is 4.79 Å². The zero-order valence-corrected chi connectivity index (χ0v) is 16.9. The summed E-state index contributed by atoms with van der Waals surface area (Å²) in [6, 6.07) is 2.16. The van der Waals surface area contributed by atoms with E-state index in [1.54, 1.807) is 0 Å². The van der Waals surface area contributed by atoms with Crippen LogP contribution < -0.4 is 10.6 Å². The van der Waals surface area contributed by atoms with Crippen molar-refractivity contribution in [3.8, 4) is 0 Å². The van der Waals surface area contributed by atoms with Crippen molar-refractivity contribution in [3.63, 3.8) is 0 Å². The SMILES string of the molecule is Cc1cc(C)n(C(C)CC(=O)NC2CCN(C(=O)NC(C)(C)C)CC2)n1. The maximum Gasteiger partial charge on any atom is 0.317 e. The van der Waals surface area contributed by atoms with E-state index in [0.29, 0.717) is 19.5 Å². The summed E-state index contributed by atoms with van der Waals surface area (Å²) in [5.41, 5.74) is 1.80. The molecule has 1 aromatic rings. The van der Waals surface area contributed by atoms with Crippen molar-refractivity contribution in [1.82, 2.24) is 25.3 Å². The number of carbonyl (C=O) groups is 2. The molecular weight excluding hydrogens is 330 g/mol. The molecule has 26 heavy (non-hydrogen) atoms. The van der Waals surface area contributed by atoms with Gasteiger partial charge in [0, 0.05) is 36.8 Å². The topological polar surface area (TPSA) is 79.3 Å². The standard InChI is InChI=1S/C19H33N5O2/c1-13-11-14(2)24(22-13)15(3)12-17(25)20-16-7-9-23(10-8-16)18(26)21-19(4,5)6/h11,15-16H,7-10,12H2,1-6H3,(H,20,25)(H,21,26). The van der Waals surface area contributed by atoms with Gasteiger partial charge < -0.3 is 15.5 Å². The average Bonchev–Trinajstić information content (AvgIpc) is 2.84. The van der Waals surface area contributed by atoms with E-state index in [1.165, 1.54) is 0 Å². The van der Waals surface area contributed by atoms with Crippen LogP contribution in [0.1, 0.15) is 64.4 Å². The fourth-order valence-electron chi connectivity index (χ4n) is 3.36. The number of likely N-dealkylation sites (tertiary alicyclic amines) is 1. The average molecular weight is 364 g/mol. The Morgan fingerprint density at radius 2 is 1.88 bits per heavy atom. The summed E-state index contributed by atoms with van der Waals surface area (Å²) in [7, 11) is 0. The minimum absolute atomic E-state index is 0.0274.